The molecule has 0 spiro atoms. The Labute approximate surface area is 198 Å². The predicted molar refractivity (Wildman–Crippen MR) is 129 cm³/mol. The van der Waals surface area contributed by atoms with Crippen LogP contribution in [0.15, 0.2) is 79.1 Å². The molecule has 3 amide bonds. The first-order valence-corrected chi connectivity index (χ1v) is 11.2. The Kier molecular flexibility index (Phi) is 7.29. The zero-order chi connectivity index (χ0) is 23.9. The number of likely N-dealkylation sites (tertiary alicyclic amines) is 1. The van der Waals surface area contributed by atoms with Crippen molar-refractivity contribution < 1.29 is 14.4 Å². The fraction of sp³-hybridized carbons (Fsp3) is 0.231. The van der Waals surface area contributed by atoms with Crippen LogP contribution in [-0.4, -0.2) is 40.2 Å². The molecule has 2 atom stereocenters. The molecule has 0 bridgehead atoms. The summed E-state index contributed by atoms with van der Waals surface area (Å²) < 4.78 is 0. The molecule has 1 aliphatic heterocycles. The van der Waals surface area contributed by atoms with Crippen LogP contribution in [0.4, 0.5) is 5.69 Å². The molecule has 0 unspecified atom stereocenters. The van der Waals surface area contributed by atoms with Gasteiger partial charge in [0, 0.05) is 25.3 Å². The lowest BCUT2D eigenvalue weighted by molar-refractivity contribution is -0.146. The van der Waals surface area contributed by atoms with Crippen molar-refractivity contribution in [1.82, 2.24) is 15.2 Å². The summed E-state index contributed by atoms with van der Waals surface area (Å²) in [6.45, 7) is 1.18. The maximum atomic E-state index is 13.2. The lowest BCUT2D eigenvalue weighted by Crippen LogP contribution is -2.49. The Balaban J connectivity index is 1.47. The van der Waals surface area contributed by atoms with Crippen molar-refractivity contribution in [3.8, 4) is 0 Å². The smallest absolute Gasteiger partial charge is 0.313 e. The quantitative estimate of drug-likeness (QED) is 0.492. The van der Waals surface area contributed by atoms with Gasteiger partial charge in [0.2, 0.25) is 5.91 Å². The SMILES string of the molecule is NC(=O)c1cncc(NC(=O)C(=O)N2CC[C@H](NCc3ccccc3)C[C@@H]2c2ccccc2)c1. The number of anilines is 1. The number of pyridine rings is 1. The van der Waals surface area contributed by atoms with Crippen LogP contribution in [0.1, 0.15) is 40.4 Å². The third-order valence-electron chi connectivity index (χ3n) is 5.96. The van der Waals surface area contributed by atoms with Gasteiger partial charge in [-0.25, -0.2) is 0 Å². The van der Waals surface area contributed by atoms with Gasteiger partial charge in [0.25, 0.3) is 0 Å². The number of benzene rings is 2. The van der Waals surface area contributed by atoms with Crippen LogP contribution in [0.3, 0.4) is 0 Å². The second-order valence-electron chi connectivity index (χ2n) is 8.29. The van der Waals surface area contributed by atoms with Crippen LogP contribution in [0.5, 0.6) is 0 Å². The highest BCUT2D eigenvalue weighted by Crippen LogP contribution is 2.31. The highest BCUT2D eigenvalue weighted by Gasteiger charge is 2.35. The van der Waals surface area contributed by atoms with Gasteiger partial charge < -0.3 is 21.3 Å². The first-order valence-electron chi connectivity index (χ1n) is 11.2. The van der Waals surface area contributed by atoms with Crippen LogP contribution >= 0.6 is 0 Å². The standard InChI is InChI=1S/C26H27N5O3/c27-24(32)20-13-22(17-28-16-20)30-25(33)26(34)31-12-11-21(29-15-18-7-3-1-4-8-18)14-23(31)19-9-5-2-6-10-19/h1-10,13,16-17,21,23,29H,11-12,14-15H2,(H2,27,32)(H,30,33)/t21-,23+/m0/s1. The maximum absolute atomic E-state index is 13.2. The normalized spacial score (nSPS) is 17.7. The first-order chi connectivity index (χ1) is 16.5. The number of rotatable bonds is 6. The van der Waals surface area contributed by atoms with E-state index < -0.39 is 17.7 Å². The second-order valence-corrected chi connectivity index (χ2v) is 8.29. The average Bonchev–Trinajstić information content (AvgIpc) is 2.88. The highest BCUT2D eigenvalue weighted by atomic mass is 16.2. The van der Waals surface area contributed by atoms with E-state index in [9.17, 15) is 14.4 Å². The summed E-state index contributed by atoms with van der Waals surface area (Å²) in [6, 6.07) is 21.3. The summed E-state index contributed by atoms with van der Waals surface area (Å²) in [5.74, 6) is -2.07. The van der Waals surface area contributed by atoms with Crippen LogP contribution < -0.4 is 16.4 Å². The van der Waals surface area contributed by atoms with Crippen molar-refractivity contribution in [3.05, 3.63) is 95.8 Å². The molecule has 8 heteroatoms. The van der Waals surface area contributed by atoms with Crippen molar-refractivity contribution in [2.75, 3.05) is 11.9 Å². The summed E-state index contributed by atoms with van der Waals surface area (Å²) in [5.41, 5.74) is 7.84. The molecule has 1 aromatic heterocycles. The molecule has 1 fully saturated rings. The number of hydrogen-bond donors (Lipinski definition) is 3. The Morgan fingerprint density at radius 3 is 2.41 bits per heavy atom. The monoisotopic (exact) mass is 457 g/mol. The fourth-order valence-corrected chi connectivity index (χ4v) is 4.20. The van der Waals surface area contributed by atoms with Crippen molar-refractivity contribution >= 4 is 23.4 Å². The number of piperidine rings is 1. The van der Waals surface area contributed by atoms with Gasteiger partial charge in [0.05, 0.1) is 23.5 Å². The zero-order valence-electron chi connectivity index (χ0n) is 18.7. The van der Waals surface area contributed by atoms with Crippen LogP contribution in [0.25, 0.3) is 0 Å². The number of carbonyl (C=O) groups excluding carboxylic acids is 3. The third-order valence-corrected chi connectivity index (χ3v) is 5.96. The molecular formula is C26H27N5O3. The van der Waals surface area contributed by atoms with Gasteiger partial charge in [-0.3, -0.25) is 19.4 Å². The van der Waals surface area contributed by atoms with Gasteiger partial charge in [-0.05, 0) is 30.0 Å². The van der Waals surface area contributed by atoms with E-state index in [4.69, 9.17) is 5.73 Å². The van der Waals surface area contributed by atoms with E-state index in [0.29, 0.717) is 13.0 Å². The van der Waals surface area contributed by atoms with E-state index in [0.717, 1.165) is 18.5 Å². The van der Waals surface area contributed by atoms with Crippen molar-refractivity contribution in [3.63, 3.8) is 0 Å². The predicted octanol–water partition coefficient (Wildman–Crippen LogP) is 2.64. The Morgan fingerprint density at radius 2 is 1.71 bits per heavy atom. The van der Waals surface area contributed by atoms with Crippen LogP contribution in [-0.2, 0) is 16.1 Å². The van der Waals surface area contributed by atoms with E-state index in [2.05, 4.69) is 27.8 Å². The topological polar surface area (TPSA) is 117 Å². The van der Waals surface area contributed by atoms with Gasteiger partial charge in [0.1, 0.15) is 0 Å². The maximum Gasteiger partial charge on any atom is 0.313 e. The van der Waals surface area contributed by atoms with Crippen molar-refractivity contribution in [1.29, 1.82) is 0 Å². The third kappa shape index (κ3) is 5.65. The Bertz CT molecular complexity index is 1150. The minimum Gasteiger partial charge on any atom is -0.366 e. The van der Waals surface area contributed by atoms with E-state index >= 15 is 0 Å². The first kappa shape index (κ1) is 23.1. The zero-order valence-corrected chi connectivity index (χ0v) is 18.7. The lowest BCUT2D eigenvalue weighted by atomic mass is 9.91. The summed E-state index contributed by atoms with van der Waals surface area (Å²) in [6.07, 6.45) is 4.09. The molecule has 4 N–H and O–H groups in total. The van der Waals surface area contributed by atoms with E-state index in [-0.39, 0.29) is 23.3 Å². The summed E-state index contributed by atoms with van der Waals surface area (Å²) in [7, 11) is 0. The van der Waals surface area contributed by atoms with Crippen molar-refractivity contribution in [2.45, 2.75) is 31.5 Å². The van der Waals surface area contributed by atoms with Gasteiger partial charge in [-0.15, -0.1) is 0 Å². The Hall–Kier alpha value is -4.04. The number of hydrogen-bond acceptors (Lipinski definition) is 5. The van der Waals surface area contributed by atoms with E-state index in [1.165, 1.54) is 24.0 Å². The van der Waals surface area contributed by atoms with Gasteiger partial charge in [0.15, 0.2) is 0 Å². The number of primary amides is 1. The molecule has 34 heavy (non-hydrogen) atoms. The molecule has 2 heterocycles. The molecule has 3 aromatic rings. The Morgan fingerprint density at radius 1 is 1.00 bits per heavy atom. The molecule has 0 saturated carbocycles. The minimum atomic E-state index is -0.778. The number of nitrogens with zero attached hydrogens (tertiary/aromatic N) is 2. The highest BCUT2D eigenvalue weighted by molar-refractivity contribution is 6.39. The van der Waals surface area contributed by atoms with E-state index in [1.807, 2.05) is 48.5 Å². The lowest BCUT2D eigenvalue weighted by Gasteiger charge is -2.39. The molecule has 1 aliphatic rings. The summed E-state index contributed by atoms with van der Waals surface area (Å²) >= 11 is 0. The van der Waals surface area contributed by atoms with Crippen LogP contribution in [0.2, 0.25) is 0 Å². The number of aromatic nitrogens is 1. The van der Waals surface area contributed by atoms with E-state index in [1.54, 1.807) is 4.90 Å². The summed E-state index contributed by atoms with van der Waals surface area (Å²) in [4.78, 5) is 42.9. The van der Waals surface area contributed by atoms with Crippen molar-refractivity contribution in [2.24, 2.45) is 5.73 Å². The number of nitrogens with one attached hydrogen (secondary N) is 2. The van der Waals surface area contributed by atoms with Crippen LogP contribution in [0, 0.1) is 0 Å². The number of carbonyl (C=O) groups is 3. The molecule has 0 radical (unpaired) electrons. The summed E-state index contributed by atoms with van der Waals surface area (Å²) in [5, 5.41) is 6.14. The molecule has 174 valence electrons. The molecule has 8 nitrogen and oxygen atoms in total. The minimum absolute atomic E-state index is 0.151. The van der Waals surface area contributed by atoms with Gasteiger partial charge in [-0.2, -0.15) is 0 Å². The average molecular weight is 458 g/mol. The fourth-order valence-electron chi connectivity index (χ4n) is 4.20. The van der Waals surface area contributed by atoms with Gasteiger partial charge >= 0.3 is 11.8 Å². The number of nitrogens with two attached hydrogens (primary N) is 1. The number of amides is 3. The largest absolute Gasteiger partial charge is 0.366 e. The second kappa shape index (κ2) is 10.7. The molecule has 2 aromatic carbocycles. The molecule has 1 saturated heterocycles. The van der Waals surface area contributed by atoms with Gasteiger partial charge in [-0.1, -0.05) is 60.7 Å². The molecular weight excluding hydrogens is 430 g/mol. The molecule has 0 aliphatic carbocycles. The molecule has 4 rings (SSSR count).